The summed E-state index contributed by atoms with van der Waals surface area (Å²) >= 11 is 0. The fraction of sp³-hybridized carbons (Fsp3) is 0.571. The summed E-state index contributed by atoms with van der Waals surface area (Å²) in [5.41, 5.74) is 3.54. The van der Waals surface area contributed by atoms with Crippen molar-refractivity contribution in [3.8, 4) is 17.3 Å². The highest BCUT2D eigenvalue weighted by molar-refractivity contribution is 6.00. The number of fused-ring (bicyclic) bond motifs is 7. The fourth-order valence-electron chi connectivity index (χ4n) is 8.80. The minimum absolute atomic E-state index is 0.142. The van der Waals surface area contributed by atoms with Crippen molar-refractivity contribution in [1.82, 2.24) is 35.4 Å². The number of carbonyl (C=O) groups is 1. The summed E-state index contributed by atoms with van der Waals surface area (Å²) < 4.78 is 35.0. The van der Waals surface area contributed by atoms with E-state index >= 15 is 4.39 Å². The lowest BCUT2D eigenvalue weighted by Gasteiger charge is -2.41. The van der Waals surface area contributed by atoms with Crippen molar-refractivity contribution in [2.75, 3.05) is 51.0 Å². The Kier molecular flexibility index (Phi) is 7.19. The third kappa shape index (κ3) is 5.13. The number of hydrogen-bond donors (Lipinski definition) is 2. The number of amides is 1. The molecule has 8 heterocycles. The van der Waals surface area contributed by atoms with E-state index in [9.17, 15) is 4.79 Å². The van der Waals surface area contributed by atoms with Gasteiger partial charge in [0.2, 0.25) is 0 Å². The molecule has 0 spiro atoms. The van der Waals surface area contributed by atoms with Crippen LogP contribution < -0.4 is 15.0 Å². The highest BCUT2D eigenvalue weighted by Gasteiger charge is 2.42. The van der Waals surface area contributed by atoms with Gasteiger partial charge in [-0.05, 0) is 81.4 Å². The number of halogens is 1. The highest BCUT2D eigenvalue weighted by atomic mass is 19.1. The lowest BCUT2D eigenvalue weighted by atomic mass is 9.90. The quantitative estimate of drug-likeness (QED) is 0.316. The Labute approximate surface area is 277 Å². The van der Waals surface area contributed by atoms with Crippen LogP contribution in [0.25, 0.3) is 33.1 Å². The molecule has 3 saturated heterocycles. The monoisotopic (exact) mass is 656 g/mol. The molecule has 1 aliphatic carbocycles. The van der Waals surface area contributed by atoms with E-state index in [0.29, 0.717) is 56.1 Å². The number of ether oxygens (including phenoxy) is 3. The maximum absolute atomic E-state index is 17.2. The number of pyridine rings is 1. The van der Waals surface area contributed by atoms with Crippen molar-refractivity contribution in [2.45, 2.75) is 75.9 Å². The summed E-state index contributed by atoms with van der Waals surface area (Å²) in [6.07, 6.45) is 8.36. The van der Waals surface area contributed by atoms with Crippen LogP contribution in [0.1, 0.15) is 62.5 Å². The number of rotatable bonds is 3. The second kappa shape index (κ2) is 11.5. The maximum Gasteiger partial charge on any atom is 0.407 e. The van der Waals surface area contributed by atoms with E-state index in [-0.39, 0.29) is 29.2 Å². The number of carbonyl (C=O) groups excluding carboxylic acids is 1. The predicted molar refractivity (Wildman–Crippen MR) is 177 cm³/mol. The number of alkyl carbamates (subject to hydrolysis) is 1. The second-order valence-electron chi connectivity index (χ2n) is 14.6. The van der Waals surface area contributed by atoms with Gasteiger partial charge in [0.05, 0.1) is 42.5 Å². The lowest BCUT2D eigenvalue weighted by molar-refractivity contribution is -0.0101. The molecule has 4 aromatic rings. The first-order chi connectivity index (χ1) is 23.3. The Morgan fingerprint density at radius 2 is 2.06 bits per heavy atom. The molecule has 252 valence electrons. The summed E-state index contributed by atoms with van der Waals surface area (Å²) in [6.45, 7) is 8.30. The lowest BCUT2D eigenvalue weighted by Crippen LogP contribution is -2.57. The van der Waals surface area contributed by atoms with Crippen LogP contribution in [0.3, 0.4) is 0 Å². The molecule has 6 aliphatic rings. The number of anilines is 1. The Morgan fingerprint density at radius 1 is 1.15 bits per heavy atom. The molecule has 3 aromatic heterocycles. The fourth-order valence-corrected chi connectivity index (χ4v) is 8.80. The number of aryl methyl sites for hydroxylation is 1. The van der Waals surface area contributed by atoms with Crippen LogP contribution in [-0.4, -0.2) is 99.8 Å². The summed E-state index contributed by atoms with van der Waals surface area (Å²) in [5, 5.41) is 11.9. The van der Waals surface area contributed by atoms with Crippen LogP contribution in [0.15, 0.2) is 18.5 Å². The van der Waals surface area contributed by atoms with Gasteiger partial charge < -0.3 is 24.4 Å². The normalized spacial score (nSPS) is 28.9. The topological polar surface area (TPSA) is 131 Å². The van der Waals surface area contributed by atoms with E-state index in [1.807, 2.05) is 6.92 Å². The van der Waals surface area contributed by atoms with Gasteiger partial charge in [0, 0.05) is 48.9 Å². The van der Waals surface area contributed by atoms with Crippen LogP contribution >= 0.6 is 0 Å². The van der Waals surface area contributed by atoms with Gasteiger partial charge in [-0.3, -0.25) is 15.0 Å². The standard InChI is InChI=1S/C35H41FN8O4/c1-19-12-26-24(15-38-42-26)28-27(19)23-13-20(23)6-10-47-34(45)41-35(2)7-3-8-43(18-35)32-25-14-37-31(28)29(36)30(25)39-33(40-32)48-17-22-5-4-21-16-46-11-9-44(21)22/h12,14-15,20-23H,3-11,13,16-18H2,1-2H3,(H,38,42)(H,41,45)/t20-,21?,22-,23+,35+/m0/s1. The molecule has 1 saturated carbocycles. The maximum atomic E-state index is 17.2. The molecule has 1 unspecified atom stereocenters. The Bertz CT molecular complexity index is 1920. The molecule has 48 heavy (non-hydrogen) atoms. The highest BCUT2D eigenvalue weighted by Crippen LogP contribution is 2.54. The molecule has 13 heteroatoms. The third-order valence-electron chi connectivity index (χ3n) is 11.3. The van der Waals surface area contributed by atoms with Crippen LogP contribution in [0.5, 0.6) is 6.01 Å². The molecule has 1 aromatic carbocycles. The first-order valence-corrected chi connectivity index (χ1v) is 17.3. The molecule has 12 nitrogen and oxygen atoms in total. The minimum Gasteiger partial charge on any atom is -0.462 e. The average Bonchev–Trinajstić information content (AvgIpc) is 3.46. The van der Waals surface area contributed by atoms with Crippen molar-refractivity contribution < 1.29 is 23.4 Å². The number of morpholine rings is 1. The molecular formula is C35H41FN8O4. The Morgan fingerprint density at radius 3 is 2.98 bits per heavy atom. The number of piperidine rings is 1. The number of benzene rings is 1. The molecule has 10 rings (SSSR count). The van der Waals surface area contributed by atoms with Gasteiger partial charge >= 0.3 is 12.1 Å². The van der Waals surface area contributed by atoms with E-state index in [4.69, 9.17) is 29.2 Å². The number of aromatic amines is 1. The summed E-state index contributed by atoms with van der Waals surface area (Å²) in [6, 6.07) is 2.84. The molecule has 0 radical (unpaired) electrons. The van der Waals surface area contributed by atoms with Gasteiger partial charge in [0.1, 0.15) is 23.6 Å². The minimum atomic E-state index is -0.564. The zero-order valence-corrected chi connectivity index (χ0v) is 27.4. The van der Waals surface area contributed by atoms with E-state index in [1.165, 1.54) is 0 Å². The first-order valence-electron chi connectivity index (χ1n) is 17.3. The van der Waals surface area contributed by atoms with Crippen molar-refractivity contribution in [3.05, 3.63) is 35.4 Å². The number of H-pyrrole nitrogens is 1. The predicted octanol–water partition coefficient (Wildman–Crippen LogP) is 4.85. The zero-order valence-electron chi connectivity index (χ0n) is 27.4. The van der Waals surface area contributed by atoms with E-state index in [1.54, 1.807) is 12.4 Å². The van der Waals surface area contributed by atoms with Crippen LogP contribution in [0.4, 0.5) is 15.0 Å². The van der Waals surface area contributed by atoms with Crippen LogP contribution in [0, 0.1) is 18.7 Å². The van der Waals surface area contributed by atoms with Gasteiger partial charge in [-0.1, -0.05) is 0 Å². The molecule has 6 bridgehead atoms. The van der Waals surface area contributed by atoms with Crippen molar-refractivity contribution in [1.29, 1.82) is 0 Å². The van der Waals surface area contributed by atoms with Gasteiger partial charge in [0.25, 0.3) is 0 Å². The number of nitrogens with zero attached hydrogens (tertiary/aromatic N) is 6. The van der Waals surface area contributed by atoms with Gasteiger partial charge in [-0.15, -0.1) is 0 Å². The molecule has 5 aliphatic heterocycles. The molecule has 2 N–H and O–H groups in total. The van der Waals surface area contributed by atoms with Crippen LogP contribution in [0.2, 0.25) is 0 Å². The number of aromatic nitrogens is 5. The SMILES string of the molecule is Cc1cc2[nH]ncc2c2c1[C@@H]1C[C@@H]1CCOC(=O)N[C@]1(C)CCCN(C1)c1nc(OC[C@@H]3CCC4COCCN43)nc3c(F)c-2ncc13. The average molecular weight is 657 g/mol. The van der Waals surface area contributed by atoms with Crippen molar-refractivity contribution in [2.24, 2.45) is 5.92 Å². The molecular weight excluding hydrogens is 615 g/mol. The van der Waals surface area contributed by atoms with Gasteiger partial charge in [0.15, 0.2) is 5.82 Å². The van der Waals surface area contributed by atoms with E-state index in [0.717, 1.165) is 79.3 Å². The van der Waals surface area contributed by atoms with Gasteiger partial charge in [-0.2, -0.15) is 15.1 Å². The van der Waals surface area contributed by atoms with Gasteiger partial charge in [-0.25, -0.2) is 9.18 Å². The van der Waals surface area contributed by atoms with Crippen molar-refractivity contribution >= 4 is 33.7 Å². The zero-order chi connectivity index (χ0) is 32.6. The van der Waals surface area contributed by atoms with E-state index < -0.39 is 17.4 Å². The summed E-state index contributed by atoms with van der Waals surface area (Å²) in [5.74, 6) is 0.559. The first kappa shape index (κ1) is 30.0. The third-order valence-corrected chi connectivity index (χ3v) is 11.3. The van der Waals surface area contributed by atoms with Crippen LogP contribution in [-0.2, 0) is 9.47 Å². The summed E-state index contributed by atoms with van der Waals surface area (Å²) in [7, 11) is 0. The number of nitrogens with one attached hydrogen (secondary N) is 2. The Balaban J connectivity index is 1.19. The molecule has 1 amide bonds. The van der Waals surface area contributed by atoms with Crippen molar-refractivity contribution in [3.63, 3.8) is 0 Å². The molecule has 5 atom stereocenters. The smallest absolute Gasteiger partial charge is 0.407 e. The molecule has 4 fully saturated rings. The summed E-state index contributed by atoms with van der Waals surface area (Å²) in [4.78, 5) is 32.1. The number of hydrogen-bond acceptors (Lipinski definition) is 10. The Hall–Kier alpha value is -4.10. The van der Waals surface area contributed by atoms with E-state index in [2.05, 4.69) is 38.3 Å². The second-order valence-corrected chi connectivity index (χ2v) is 14.6. The largest absolute Gasteiger partial charge is 0.462 e.